The number of likely N-dealkylation sites (tertiary alicyclic amines) is 1. The maximum Gasteiger partial charge on any atom is 0.348 e. The van der Waals surface area contributed by atoms with Gasteiger partial charge in [0.2, 0.25) is 0 Å². The Morgan fingerprint density at radius 1 is 1.17 bits per heavy atom. The van der Waals surface area contributed by atoms with Gasteiger partial charge in [-0.1, -0.05) is 12.1 Å². The average molecular weight is 333 g/mol. The number of thiophene rings is 1. The Morgan fingerprint density at radius 3 is 2.57 bits per heavy atom. The van der Waals surface area contributed by atoms with Crippen molar-refractivity contribution < 1.29 is 18.7 Å². The number of hydrogen-bond acceptors (Lipinski definition) is 4. The zero-order valence-corrected chi connectivity index (χ0v) is 13.4. The van der Waals surface area contributed by atoms with Crippen LogP contribution in [0.1, 0.15) is 43.8 Å². The van der Waals surface area contributed by atoms with Gasteiger partial charge in [-0.15, -0.1) is 11.3 Å². The highest BCUT2D eigenvalue weighted by atomic mass is 32.1. The van der Waals surface area contributed by atoms with Gasteiger partial charge >= 0.3 is 5.97 Å². The zero-order chi connectivity index (χ0) is 16.4. The van der Waals surface area contributed by atoms with Crippen molar-refractivity contribution in [3.63, 3.8) is 0 Å². The van der Waals surface area contributed by atoms with Crippen molar-refractivity contribution in [2.75, 3.05) is 13.7 Å². The van der Waals surface area contributed by atoms with E-state index < -0.39 is 5.97 Å². The molecular weight excluding hydrogens is 317 g/mol. The summed E-state index contributed by atoms with van der Waals surface area (Å²) in [6.45, 7) is 0.659. The fraction of sp³-hybridized carbons (Fsp3) is 0.294. The molecule has 0 bridgehead atoms. The standard InChI is InChI=1S/C17H16FNO3S/c1-22-17(21)15-9-8-14(23-15)16(20)19-10-2-3-13(19)11-4-6-12(18)7-5-11/h4-9,13H,2-3,10H2,1H3. The summed E-state index contributed by atoms with van der Waals surface area (Å²) in [5.74, 6) is -0.826. The van der Waals surface area contributed by atoms with E-state index in [1.165, 1.54) is 19.2 Å². The van der Waals surface area contributed by atoms with E-state index in [1.54, 1.807) is 29.2 Å². The Kier molecular flexibility index (Phi) is 4.43. The van der Waals surface area contributed by atoms with E-state index in [0.29, 0.717) is 16.3 Å². The van der Waals surface area contributed by atoms with Gasteiger partial charge in [-0.05, 0) is 42.7 Å². The highest BCUT2D eigenvalue weighted by Crippen LogP contribution is 2.34. The number of hydrogen-bond donors (Lipinski definition) is 0. The smallest absolute Gasteiger partial charge is 0.348 e. The number of methoxy groups -OCH3 is 1. The van der Waals surface area contributed by atoms with Crippen LogP contribution in [0.3, 0.4) is 0 Å². The van der Waals surface area contributed by atoms with Crippen LogP contribution in [0, 0.1) is 5.82 Å². The lowest BCUT2D eigenvalue weighted by atomic mass is 10.0. The molecule has 2 heterocycles. The van der Waals surface area contributed by atoms with Crippen LogP contribution in [0.25, 0.3) is 0 Å². The lowest BCUT2D eigenvalue weighted by Gasteiger charge is -2.24. The van der Waals surface area contributed by atoms with Crippen LogP contribution >= 0.6 is 11.3 Å². The van der Waals surface area contributed by atoms with E-state index in [2.05, 4.69) is 4.74 Å². The molecule has 23 heavy (non-hydrogen) atoms. The number of halogens is 1. The number of carbonyl (C=O) groups is 2. The summed E-state index contributed by atoms with van der Waals surface area (Å²) < 4.78 is 17.8. The summed E-state index contributed by atoms with van der Waals surface area (Å²) >= 11 is 1.13. The lowest BCUT2D eigenvalue weighted by Crippen LogP contribution is -2.29. The number of esters is 1. The van der Waals surface area contributed by atoms with E-state index in [1.807, 2.05) is 0 Å². The highest BCUT2D eigenvalue weighted by Gasteiger charge is 2.31. The van der Waals surface area contributed by atoms with Gasteiger partial charge in [0.15, 0.2) is 0 Å². The normalized spacial score (nSPS) is 17.3. The van der Waals surface area contributed by atoms with Gasteiger partial charge in [0.25, 0.3) is 5.91 Å². The van der Waals surface area contributed by atoms with Crippen LogP contribution in [0.5, 0.6) is 0 Å². The summed E-state index contributed by atoms with van der Waals surface area (Å²) in [5, 5.41) is 0. The summed E-state index contributed by atoms with van der Waals surface area (Å²) in [6.07, 6.45) is 1.76. The summed E-state index contributed by atoms with van der Waals surface area (Å²) in [6, 6.07) is 9.48. The van der Waals surface area contributed by atoms with E-state index >= 15 is 0 Å². The number of ether oxygens (including phenoxy) is 1. The molecule has 1 aliphatic heterocycles. The second-order valence-corrected chi connectivity index (χ2v) is 6.45. The molecule has 1 aromatic carbocycles. The van der Waals surface area contributed by atoms with Crippen LogP contribution in [-0.4, -0.2) is 30.4 Å². The van der Waals surface area contributed by atoms with Crippen LogP contribution in [-0.2, 0) is 4.74 Å². The molecule has 4 nitrogen and oxygen atoms in total. The largest absolute Gasteiger partial charge is 0.465 e. The van der Waals surface area contributed by atoms with Crippen LogP contribution in [0.15, 0.2) is 36.4 Å². The average Bonchev–Trinajstić information content (AvgIpc) is 3.23. The third-order valence-corrected chi connectivity index (χ3v) is 5.03. The van der Waals surface area contributed by atoms with E-state index in [9.17, 15) is 14.0 Å². The molecule has 1 amide bonds. The summed E-state index contributed by atoms with van der Waals surface area (Å²) in [5.41, 5.74) is 0.932. The van der Waals surface area contributed by atoms with Crippen molar-refractivity contribution in [3.05, 3.63) is 57.5 Å². The van der Waals surface area contributed by atoms with E-state index in [0.717, 1.165) is 29.7 Å². The second-order valence-electron chi connectivity index (χ2n) is 5.36. The van der Waals surface area contributed by atoms with E-state index in [4.69, 9.17) is 0 Å². The van der Waals surface area contributed by atoms with Crippen LogP contribution < -0.4 is 0 Å². The van der Waals surface area contributed by atoms with Crippen LogP contribution in [0.4, 0.5) is 4.39 Å². The Hall–Kier alpha value is -2.21. The molecule has 1 fully saturated rings. The van der Waals surface area contributed by atoms with Gasteiger partial charge in [0.1, 0.15) is 10.7 Å². The first-order chi connectivity index (χ1) is 11.1. The van der Waals surface area contributed by atoms with Crippen molar-refractivity contribution in [1.29, 1.82) is 0 Å². The predicted molar refractivity (Wildman–Crippen MR) is 85.1 cm³/mol. The summed E-state index contributed by atoms with van der Waals surface area (Å²) in [7, 11) is 1.31. The first kappa shape index (κ1) is 15.7. The number of benzene rings is 1. The second kappa shape index (κ2) is 6.50. The fourth-order valence-electron chi connectivity index (χ4n) is 2.85. The molecule has 1 aromatic heterocycles. The molecule has 0 saturated carbocycles. The molecule has 0 spiro atoms. The Labute approximate surface area is 137 Å². The minimum Gasteiger partial charge on any atom is -0.465 e. The predicted octanol–water partition coefficient (Wildman–Crippen LogP) is 3.65. The number of amides is 1. The monoisotopic (exact) mass is 333 g/mol. The number of nitrogens with zero attached hydrogens (tertiary/aromatic N) is 1. The quantitative estimate of drug-likeness (QED) is 0.806. The first-order valence-corrected chi connectivity index (χ1v) is 8.16. The van der Waals surface area contributed by atoms with Crippen molar-refractivity contribution in [1.82, 2.24) is 4.90 Å². The fourth-order valence-corrected chi connectivity index (χ4v) is 3.73. The van der Waals surface area contributed by atoms with Gasteiger partial charge in [0, 0.05) is 6.54 Å². The molecule has 0 N–H and O–H groups in total. The van der Waals surface area contributed by atoms with Gasteiger partial charge < -0.3 is 9.64 Å². The van der Waals surface area contributed by atoms with E-state index in [-0.39, 0.29) is 17.8 Å². The van der Waals surface area contributed by atoms with Crippen molar-refractivity contribution in [3.8, 4) is 0 Å². The summed E-state index contributed by atoms with van der Waals surface area (Å²) in [4.78, 5) is 27.0. The molecule has 2 aromatic rings. The Bertz CT molecular complexity index is 726. The van der Waals surface area contributed by atoms with Crippen LogP contribution in [0.2, 0.25) is 0 Å². The molecule has 6 heteroatoms. The maximum absolute atomic E-state index is 13.1. The molecule has 1 aliphatic rings. The maximum atomic E-state index is 13.1. The minimum atomic E-state index is -0.439. The topological polar surface area (TPSA) is 46.6 Å². The third kappa shape index (κ3) is 3.12. The highest BCUT2D eigenvalue weighted by molar-refractivity contribution is 7.15. The third-order valence-electron chi connectivity index (χ3n) is 3.97. The molecule has 0 aliphatic carbocycles. The Morgan fingerprint density at radius 2 is 1.87 bits per heavy atom. The van der Waals surface area contributed by atoms with Crippen molar-refractivity contribution in [2.45, 2.75) is 18.9 Å². The molecule has 1 unspecified atom stereocenters. The molecule has 1 atom stereocenters. The molecule has 120 valence electrons. The van der Waals surface area contributed by atoms with Gasteiger partial charge in [-0.25, -0.2) is 9.18 Å². The van der Waals surface area contributed by atoms with Gasteiger partial charge in [-0.3, -0.25) is 4.79 Å². The number of rotatable bonds is 3. The molecule has 0 radical (unpaired) electrons. The Balaban J connectivity index is 1.82. The zero-order valence-electron chi connectivity index (χ0n) is 12.6. The molecular formula is C17H16FNO3S. The lowest BCUT2D eigenvalue weighted by molar-refractivity contribution is 0.0606. The van der Waals surface area contributed by atoms with Gasteiger partial charge in [-0.2, -0.15) is 0 Å². The molecule has 1 saturated heterocycles. The SMILES string of the molecule is COC(=O)c1ccc(C(=O)N2CCCC2c2ccc(F)cc2)s1. The minimum absolute atomic E-state index is 0.0493. The first-order valence-electron chi connectivity index (χ1n) is 7.34. The number of carbonyl (C=O) groups excluding carboxylic acids is 2. The van der Waals surface area contributed by atoms with Gasteiger partial charge in [0.05, 0.1) is 18.0 Å². The van der Waals surface area contributed by atoms with Crippen molar-refractivity contribution >= 4 is 23.2 Å². The van der Waals surface area contributed by atoms with Crippen molar-refractivity contribution in [2.24, 2.45) is 0 Å². The molecule has 3 rings (SSSR count).